The van der Waals surface area contributed by atoms with E-state index in [2.05, 4.69) is 5.32 Å². The first-order chi connectivity index (χ1) is 14.0. The number of carboxylic acids is 1. The molecule has 0 bridgehead atoms. The number of hydrogen-bond acceptors (Lipinski definition) is 6. The average molecular weight is 472 g/mol. The number of benzene rings is 2. The average Bonchev–Trinajstić information content (AvgIpc) is 2.96. The molecule has 3 N–H and O–H groups in total. The summed E-state index contributed by atoms with van der Waals surface area (Å²) >= 11 is 11.1. The summed E-state index contributed by atoms with van der Waals surface area (Å²) in [6, 6.07) is 8.02. The number of thiocarbonyl (C=S) groups is 2. The Morgan fingerprint density at radius 3 is 2.47 bits per heavy atom. The van der Waals surface area contributed by atoms with Crippen LogP contribution in [0, 0.1) is 0 Å². The molecule has 1 aliphatic heterocycles. The molecule has 3 rings (SSSR count). The third kappa shape index (κ3) is 4.25. The fourth-order valence-electron chi connectivity index (χ4n) is 2.67. The van der Waals surface area contributed by atoms with Crippen molar-refractivity contribution in [2.24, 2.45) is 0 Å². The summed E-state index contributed by atoms with van der Waals surface area (Å²) in [5.74, 6) is -2.43. The molecule has 0 saturated carbocycles. The van der Waals surface area contributed by atoms with Crippen LogP contribution in [0.15, 0.2) is 42.5 Å². The lowest BCUT2D eigenvalue weighted by molar-refractivity contribution is -0.137. The van der Waals surface area contributed by atoms with Crippen LogP contribution in [0.25, 0.3) is 0 Å². The van der Waals surface area contributed by atoms with Crippen molar-refractivity contribution >= 4 is 68.8 Å². The molecular formula is C18H11F3N2O4S3. The third-order valence-corrected chi connectivity index (χ3v) is 6.05. The van der Waals surface area contributed by atoms with Crippen LogP contribution in [0.1, 0.15) is 15.9 Å². The summed E-state index contributed by atoms with van der Waals surface area (Å²) in [4.78, 5) is 24.5. The Bertz CT molecular complexity index is 1070. The van der Waals surface area contributed by atoms with Crippen molar-refractivity contribution in [1.82, 2.24) is 0 Å². The molecule has 1 fully saturated rings. The van der Waals surface area contributed by atoms with E-state index in [0.717, 1.165) is 34.9 Å². The van der Waals surface area contributed by atoms with E-state index >= 15 is 0 Å². The van der Waals surface area contributed by atoms with E-state index in [0.29, 0.717) is 0 Å². The third-order valence-electron chi connectivity index (χ3n) is 4.04. The van der Waals surface area contributed by atoms with E-state index in [9.17, 15) is 27.9 Å². The largest absolute Gasteiger partial charge is 0.506 e. The Kier molecular flexibility index (Phi) is 6.01. The molecule has 156 valence electrons. The van der Waals surface area contributed by atoms with Crippen LogP contribution in [0.5, 0.6) is 5.75 Å². The van der Waals surface area contributed by atoms with Crippen LogP contribution < -0.4 is 10.2 Å². The molecule has 12 heteroatoms. The minimum Gasteiger partial charge on any atom is -0.506 e. The smallest absolute Gasteiger partial charge is 0.418 e. The van der Waals surface area contributed by atoms with Gasteiger partial charge in [0, 0.05) is 0 Å². The fourth-order valence-corrected chi connectivity index (χ4v) is 4.37. The lowest BCUT2D eigenvalue weighted by atomic mass is 10.1. The quantitative estimate of drug-likeness (QED) is 0.449. The maximum Gasteiger partial charge on any atom is 0.418 e. The van der Waals surface area contributed by atoms with Crippen molar-refractivity contribution < 1.29 is 33.0 Å². The minimum absolute atomic E-state index is 0.0402. The number of alkyl halides is 3. The van der Waals surface area contributed by atoms with Crippen LogP contribution in [-0.2, 0) is 11.0 Å². The molecule has 1 amide bonds. The maximum absolute atomic E-state index is 13.3. The summed E-state index contributed by atoms with van der Waals surface area (Å²) < 4.78 is 39.9. The van der Waals surface area contributed by atoms with Crippen LogP contribution in [-0.4, -0.2) is 36.6 Å². The van der Waals surface area contributed by atoms with Gasteiger partial charge in [-0.05, 0) is 30.3 Å². The molecule has 1 unspecified atom stereocenters. The molecular weight excluding hydrogens is 461 g/mol. The lowest BCUT2D eigenvalue weighted by Gasteiger charge is -2.21. The van der Waals surface area contributed by atoms with E-state index in [-0.39, 0.29) is 20.6 Å². The second-order valence-corrected chi connectivity index (χ2v) is 8.16. The predicted octanol–water partition coefficient (Wildman–Crippen LogP) is 4.28. The lowest BCUT2D eigenvalue weighted by Crippen LogP contribution is -2.37. The summed E-state index contributed by atoms with van der Waals surface area (Å²) in [5, 5.41) is 20.4. The van der Waals surface area contributed by atoms with Gasteiger partial charge in [0.25, 0.3) is 5.91 Å². The number of halogens is 3. The minimum atomic E-state index is -4.69. The Balaban J connectivity index is 1.85. The number of phenolic OH excluding ortho intramolecular Hbond substituents is 1. The predicted molar refractivity (Wildman–Crippen MR) is 114 cm³/mol. The van der Waals surface area contributed by atoms with Crippen LogP contribution in [0.4, 0.5) is 24.5 Å². The number of carbonyl (C=O) groups is 2. The van der Waals surface area contributed by atoms with Crippen molar-refractivity contribution in [2.45, 2.75) is 11.4 Å². The number of rotatable bonds is 4. The number of carbonyl (C=O) groups excluding carboxylic acids is 1. The van der Waals surface area contributed by atoms with E-state index in [1.807, 2.05) is 0 Å². The number of phenols is 1. The second-order valence-electron chi connectivity index (χ2n) is 5.98. The van der Waals surface area contributed by atoms with Gasteiger partial charge >= 0.3 is 12.1 Å². The number of nitrogens with one attached hydrogen (secondary N) is 1. The van der Waals surface area contributed by atoms with E-state index in [1.54, 1.807) is 0 Å². The zero-order chi connectivity index (χ0) is 22.2. The van der Waals surface area contributed by atoms with Gasteiger partial charge in [-0.3, -0.25) is 9.69 Å². The van der Waals surface area contributed by atoms with Gasteiger partial charge in [-0.25, -0.2) is 4.79 Å². The Hall–Kier alpha value is -2.70. The van der Waals surface area contributed by atoms with Gasteiger partial charge in [-0.2, -0.15) is 13.2 Å². The molecule has 0 aliphatic carbocycles. The second kappa shape index (κ2) is 8.20. The molecule has 1 atom stereocenters. The van der Waals surface area contributed by atoms with Gasteiger partial charge in [0.1, 0.15) is 20.3 Å². The van der Waals surface area contributed by atoms with Gasteiger partial charge in [-0.1, -0.05) is 48.3 Å². The number of thioether (sulfide) groups is 1. The van der Waals surface area contributed by atoms with Crippen LogP contribution in [0.2, 0.25) is 0 Å². The highest BCUT2D eigenvalue weighted by Gasteiger charge is 2.44. The van der Waals surface area contributed by atoms with E-state index in [4.69, 9.17) is 29.5 Å². The highest BCUT2D eigenvalue weighted by Crippen LogP contribution is 2.41. The van der Waals surface area contributed by atoms with Crippen LogP contribution >= 0.6 is 36.2 Å². The topological polar surface area (TPSA) is 89.9 Å². The number of amides is 1. The maximum atomic E-state index is 13.3. The number of carboxylic acid groups (broad SMARTS) is 1. The number of para-hydroxylation sites is 1. The first-order valence-electron chi connectivity index (χ1n) is 8.08. The van der Waals surface area contributed by atoms with Crippen molar-refractivity contribution in [3.05, 3.63) is 53.6 Å². The number of anilines is 2. The van der Waals surface area contributed by atoms with Gasteiger partial charge in [-0.15, -0.1) is 0 Å². The number of aromatic hydroxyl groups is 1. The summed E-state index contributed by atoms with van der Waals surface area (Å²) in [6.45, 7) is 0. The summed E-state index contributed by atoms with van der Waals surface area (Å²) in [5.41, 5.74) is -1.53. The monoisotopic (exact) mass is 472 g/mol. The Morgan fingerprint density at radius 2 is 1.87 bits per heavy atom. The SMILES string of the molecule is O=C(O)c1ccc(NC(=S)C2SC(=S)N(c3ccccc3C(F)(F)F)C2=O)c(O)c1. The highest BCUT2D eigenvalue weighted by atomic mass is 32.2. The fraction of sp³-hybridized carbons (Fsp3) is 0.111. The van der Waals surface area contributed by atoms with Crippen LogP contribution in [0.3, 0.4) is 0 Å². The van der Waals surface area contributed by atoms with Gasteiger partial charge in [0.05, 0.1) is 22.5 Å². The van der Waals surface area contributed by atoms with Gasteiger partial charge in [0.2, 0.25) is 0 Å². The van der Waals surface area contributed by atoms with Crippen molar-refractivity contribution in [2.75, 3.05) is 10.2 Å². The molecule has 0 radical (unpaired) electrons. The van der Waals surface area contributed by atoms with Gasteiger partial charge in [0.15, 0.2) is 0 Å². The molecule has 30 heavy (non-hydrogen) atoms. The van der Waals surface area contributed by atoms with E-state index < -0.39 is 40.3 Å². The first kappa shape index (κ1) is 22.0. The number of hydrogen-bond donors (Lipinski definition) is 3. The Labute approximate surface area is 182 Å². The molecule has 1 saturated heterocycles. The molecule has 6 nitrogen and oxygen atoms in total. The zero-order valence-corrected chi connectivity index (χ0v) is 17.1. The summed E-state index contributed by atoms with van der Waals surface area (Å²) in [7, 11) is 0. The normalized spacial score (nSPS) is 16.6. The number of nitrogens with zero attached hydrogens (tertiary/aromatic N) is 1. The molecule has 0 aromatic heterocycles. The molecule has 2 aromatic carbocycles. The van der Waals surface area contributed by atoms with Crippen molar-refractivity contribution in [1.29, 1.82) is 0 Å². The van der Waals surface area contributed by atoms with Gasteiger partial charge < -0.3 is 15.5 Å². The molecule has 0 spiro atoms. The standard InChI is InChI=1S/C18H11F3N2O4S3/c19-18(20,21)9-3-1-2-4-11(9)23-15(25)13(30-17(23)29)14(28)22-10-6-5-8(16(26)27)7-12(10)24/h1-7,13,24H,(H,22,28)(H,26,27). The molecule has 1 heterocycles. The van der Waals surface area contributed by atoms with E-state index in [1.165, 1.54) is 24.3 Å². The Morgan fingerprint density at radius 1 is 1.20 bits per heavy atom. The number of aromatic carboxylic acids is 1. The first-order valence-corrected chi connectivity index (χ1v) is 9.78. The zero-order valence-electron chi connectivity index (χ0n) is 14.6. The summed E-state index contributed by atoms with van der Waals surface area (Å²) in [6.07, 6.45) is -4.69. The van der Waals surface area contributed by atoms with Crippen molar-refractivity contribution in [3.63, 3.8) is 0 Å². The highest BCUT2D eigenvalue weighted by molar-refractivity contribution is 8.25. The van der Waals surface area contributed by atoms with Crippen molar-refractivity contribution in [3.8, 4) is 5.75 Å². The molecule has 1 aliphatic rings. The molecule has 2 aromatic rings.